The van der Waals surface area contributed by atoms with E-state index in [0.29, 0.717) is 17.6 Å². The first-order valence-electron chi connectivity index (χ1n) is 8.05. The summed E-state index contributed by atoms with van der Waals surface area (Å²) < 4.78 is 0. The van der Waals surface area contributed by atoms with E-state index in [2.05, 4.69) is 62.1 Å². The predicted molar refractivity (Wildman–Crippen MR) is 106 cm³/mol. The molecular weight excluding hydrogens is 332 g/mol. The first-order chi connectivity index (χ1) is 12.1. The highest BCUT2D eigenvalue weighted by Crippen LogP contribution is 2.24. The molecule has 0 saturated heterocycles. The third-order valence-electron chi connectivity index (χ3n) is 3.61. The highest BCUT2D eigenvalue weighted by Gasteiger charge is 2.04. The lowest BCUT2D eigenvalue weighted by molar-refractivity contribution is 0.914. The van der Waals surface area contributed by atoms with Gasteiger partial charge in [-0.2, -0.15) is 0 Å². The normalized spacial score (nSPS) is 10.5. The van der Waals surface area contributed by atoms with Gasteiger partial charge in [0.15, 0.2) is 5.11 Å². The molecule has 0 radical (unpaired) electrons. The molecule has 25 heavy (non-hydrogen) atoms. The standard InChI is InChI=1S/C18H20N6S/c1-12-4-5-15-14(10-12)16(11-13(2)23-15)19-8-9-22-18(25)24-17-20-6-3-7-21-17/h3-7,10-11H,8-9H2,1-2H3,(H,19,23)(H2,20,21,22,24,25). The fourth-order valence-corrected chi connectivity index (χ4v) is 2.69. The Bertz CT molecular complexity index is 881. The van der Waals surface area contributed by atoms with E-state index in [1.54, 1.807) is 18.5 Å². The number of hydrogen-bond donors (Lipinski definition) is 3. The van der Waals surface area contributed by atoms with E-state index in [1.807, 2.05) is 6.92 Å². The van der Waals surface area contributed by atoms with Crippen molar-refractivity contribution in [1.29, 1.82) is 0 Å². The van der Waals surface area contributed by atoms with Gasteiger partial charge in [-0.05, 0) is 50.3 Å². The van der Waals surface area contributed by atoms with E-state index in [1.165, 1.54) is 5.56 Å². The lowest BCUT2D eigenvalue weighted by Crippen LogP contribution is -2.33. The van der Waals surface area contributed by atoms with Crippen molar-refractivity contribution in [2.45, 2.75) is 13.8 Å². The van der Waals surface area contributed by atoms with Crippen LogP contribution >= 0.6 is 12.2 Å². The van der Waals surface area contributed by atoms with Gasteiger partial charge in [-0.15, -0.1) is 0 Å². The molecule has 6 nitrogen and oxygen atoms in total. The summed E-state index contributed by atoms with van der Waals surface area (Å²) in [6.07, 6.45) is 3.33. The number of nitrogens with one attached hydrogen (secondary N) is 3. The predicted octanol–water partition coefficient (Wildman–Crippen LogP) is 3.04. The molecule has 3 aromatic rings. The molecule has 0 unspecified atom stereocenters. The van der Waals surface area contributed by atoms with E-state index in [4.69, 9.17) is 12.2 Å². The first-order valence-corrected chi connectivity index (χ1v) is 8.46. The highest BCUT2D eigenvalue weighted by molar-refractivity contribution is 7.80. The number of anilines is 2. The van der Waals surface area contributed by atoms with Crippen molar-refractivity contribution in [2.75, 3.05) is 23.7 Å². The maximum atomic E-state index is 5.24. The summed E-state index contributed by atoms with van der Waals surface area (Å²) in [6.45, 7) is 5.49. The molecule has 0 amide bonds. The minimum atomic E-state index is 0.485. The van der Waals surface area contributed by atoms with Crippen LogP contribution in [0.5, 0.6) is 0 Å². The smallest absolute Gasteiger partial charge is 0.228 e. The highest BCUT2D eigenvalue weighted by atomic mass is 32.1. The number of pyridine rings is 1. The average molecular weight is 352 g/mol. The number of aromatic nitrogens is 3. The minimum Gasteiger partial charge on any atom is -0.383 e. The molecule has 128 valence electrons. The molecule has 0 saturated carbocycles. The Balaban J connectivity index is 1.56. The molecule has 3 rings (SSSR count). The third-order valence-corrected chi connectivity index (χ3v) is 3.86. The maximum Gasteiger partial charge on any atom is 0.228 e. The Morgan fingerprint density at radius 1 is 1.08 bits per heavy atom. The number of aryl methyl sites for hydroxylation is 2. The van der Waals surface area contributed by atoms with Crippen LogP contribution in [0.4, 0.5) is 11.6 Å². The van der Waals surface area contributed by atoms with Gasteiger partial charge in [-0.1, -0.05) is 11.6 Å². The van der Waals surface area contributed by atoms with Crippen molar-refractivity contribution in [3.8, 4) is 0 Å². The van der Waals surface area contributed by atoms with Crippen LogP contribution in [0.25, 0.3) is 10.9 Å². The Kier molecular flexibility index (Phi) is 5.35. The molecule has 2 aromatic heterocycles. The van der Waals surface area contributed by atoms with E-state index in [-0.39, 0.29) is 0 Å². The number of fused-ring (bicyclic) bond motifs is 1. The third kappa shape index (κ3) is 4.60. The molecule has 0 spiro atoms. The van der Waals surface area contributed by atoms with Gasteiger partial charge >= 0.3 is 0 Å². The van der Waals surface area contributed by atoms with Crippen molar-refractivity contribution in [1.82, 2.24) is 20.3 Å². The van der Waals surface area contributed by atoms with Crippen molar-refractivity contribution in [3.05, 3.63) is 54.0 Å². The zero-order chi connectivity index (χ0) is 17.6. The number of hydrogen-bond acceptors (Lipinski definition) is 5. The van der Waals surface area contributed by atoms with E-state index >= 15 is 0 Å². The molecule has 3 N–H and O–H groups in total. The van der Waals surface area contributed by atoms with Crippen LogP contribution in [0.15, 0.2) is 42.7 Å². The second kappa shape index (κ2) is 7.85. The summed E-state index contributed by atoms with van der Waals surface area (Å²) in [7, 11) is 0. The summed E-state index contributed by atoms with van der Waals surface area (Å²) in [5.41, 5.74) is 4.29. The molecular formula is C18H20N6S. The Labute approximate surface area is 152 Å². The summed E-state index contributed by atoms with van der Waals surface area (Å²) in [4.78, 5) is 12.7. The molecule has 2 heterocycles. The first kappa shape index (κ1) is 17.0. The monoisotopic (exact) mass is 352 g/mol. The lowest BCUT2D eigenvalue weighted by atomic mass is 10.1. The minimum absolute atomic E-state index is 0.485. The fourth-order valence-electron chi connectivity index (χ4n) is 2.50. The van der Waals surface area contributed by atoms with Crippen LogP contribution < -0.4 is 16.0 Å². The molecule has 7 heteroatoms. The van der Waals surface area contributed by atoms with Gasteiger partial charge in [0.05, 0.1) is 5.52 Å². The van der Waals surface area contributed by atoms with Crippen molar-refractivity contribution >= 4 is 39.9 Å². The second-order valence-electron chi connectivity index (χ2n) is 5.71. The summed E-state index contributed by atoms with van der Waals surface area (Å²) in [6, 6.07) is 10.1. The summed E-state index contributed by atoms with van der Waals surface area (Å²) in [5, 5.41) is 11.2. The molecule has 0 atom stereocenters. The van der Waals surface area contributed by atoms with Gasteiger partial charge in [0.25, 0.3) is 0 Å². The molecule has 0 aliphatic heterocycles. The largest absolute Gasteiger partial charge is 0.383 e. The van der Waals surface area contributed by atoms with Crippen LogP contribution in [-0.4, -0.2) is 33.2 Å². The van der Waals surface area contributed by atoms with Crippen LogP contribution in [0.3, 0.4) is 0 Å². The Hall–Kier alpha value is -2.80. The lowest BCUT2D eigenvalue weighted by Gasteiger charge is -2.13. The van der Waals surface area contributed by atoms with Gasteiger partial charge < -0.3 is 16.0 Å². The zero-order valence-electron chi connectivity index (χ0n) is 14.2. The number of benzene rings is 1. The maximum absolute atomic E-state index is 5.24. The Morgan fingerprint density at radius 2 is 1.88 bits per heavy atom. The van der Waals surface area contributed by atoms with Gasteiger partial charge in [0, 0.05) is 42.3 Å². The quantitative estimate of drug-likeness (QED) is 0.481. The van der Waals surface area contributed by atoms with Crippen molar-refractivity contribution in [2.24, 2.45) is 0 Å². The summed E-state index contributed by atoms with van der Waals surface area (Å²) >= 11 is 5.24. The summed E-state index contributed by atoms with van der Waals surface area (Å²) in [5.74, 6) is 0.485. The second-order valence-corrected chi connectivity index (χ2v) is 6.12. The molecule has 0 aliphatic rings. The topological polar surface area (TPSA) is 74.8 Å². The van der Waals surface area contributed by atoms with Crippen LogP contribution in [0.1, 0.15) is 11.3 Å². The average Bonchev–Trinajstić information content (AvgIpc) is 2.60. The molecule has 0 aliphatic carbocycles. The SMILES string of the molecule is Cc1ccc2nc(C)cc(NCCNC(=S)Nc3ncccn3)c2c1. The van der Waals surface area contributed by atoms with Crippen LogP contribution in [-0.2, 0) is 0 Å². The fraction of sp³-hybridized carbons (Fsp3) is 0.222. The van der Waals surface area contributed by atoms with Crippen LogP contribution in [0, 0.1) is 13.8 Å². The molecule has 0 bridgehead atoms. The van der Waals surface area contributed by atoms with E-state index in [9.17, 15) is 0 Å². The Morgan fingerprint density at radius 3 is 2.68 bits per heavy atom. The molecule has 0 fully saturated rings. The number of thiocarbonyl (C=S) groups is 1. The van der Waals surface area contributed by atoms with Gasteiger partial charge in [0.2, 0.25) is 5.95 Å². The van der Waals surface area contributed by atoms with Crippen molar-refractivity contribution in [3.63, 3.8) is 0 Å². The van der Waals surface area contributed by atoms with Crippen molar-refractivity contribution < 1.29 is 0 Å². The number of nitrogens with zero attached hydrogens (tertiary/aromatic N) is 3. The molecule has 1 aromatic carbocycles. The van der Waals surface area contributed by atoms with Crippen LogP contribution in [0.2, 0.25) is 0 Å². The van der Waals surface area contributed by atoms with Gasteiger partial charge in [-0.25, -0.2) is 9.97 Å². The number of rotatable bonds is 5. The van der Waals surface area contributed by atoms with E-state index in [0.717, 1.165) is 28.8 Å². The van der Waals surface area contributed by atoms with E-state index < -0.39 is 0 Å². The zero-order valence-corrected chi connectivity index (χ0v) is 15.0. The van der Waals surface area contributed by atoms with Gasteiger partial charge in [-0.3, -0.25) is 4.98 Å². The van der Waals surface area contributed by atoms with Gasteiger partial charge in [0.1, 0.15) is 0 Å².